The number of rotatable bonds is 5. The first-order chi connectivity index (χ1) is 7.85. The number of carbonyl (C=O) groups excluding carboxylic acids is 1. The lowest BCUT2D eigenvalue weighted by molar-refractivity contribution is 0.0470. The van der Waals surface area contributed by atoms with Crippen LogP contribution < -0.4 is 11.1 Å². The van der Waals surface area contributed by atoms with Crippen molar-refractivity contribution in [2.45, 2.75) is 39.2 Å². The lowest BCUT2D eigenvalue weighted by Crippen LogP contribution is -2.40. The Bertz CT molecular complexity index is 380. The summed E-state index contributed by atoms with van der Waals surface area (Å²) in [4.78, 5) is 13.3. The summed E-state index contributed by atoms with van der Waals surface area (Å²) in [7, 11) is 0. The second kappa shape index (κ2) is 5.51. The molecule has 5 heteroatoms. The molecule has 0 spiro atoms. The number of anilines is 1. The van der Waals surface area contributed by atoms with Gasteiger partial charge in [-0.1, -0.05) is 13.3 Å². The summed E-state index contributed by atoms with van der Waals surface area (Å²) in [5, 5.41) is 12.7. The first kappa shape index (κ1) is 14.0. The molecule has 4 N–H and O–H groups in total. The molecule has 0 aliphatic carbocycles. The Hall–Kier alpha value is -1.07. The fourth-order valence-corrected chi connectivity index (χ4v) is 2.45. The van der Waals surface area contributed by atoms with Crippen molar-refractivity contribution in [1.29, 1.82) is 0 Å². The number of aliphatic hydroxyl groups is 1. The zero-order chi connectivity index (χ0) is 13.1. The predicted molar refractivity (Wildman–Crippen MR) is 71.3 cm³/mol. The van der Waals surface area contributed by atoms with E-state index in [2.05, 4.69) is 5.32 Å². The van der Waals surface area contributed by atoms with Crippen molar-refractivity contribution in [1.82, 2.24) is 5.32 Å². The van der Waals surface area contributed by atoms with Gasteiger partial charge in [0.25, 0.3) is 5.91 Å². The van der Waals surface area contributed by atoms with E-state index < -0.39 is 5.60 Å². The van der Waals surface area contributed by atoms with Gasteiger partial charge in [0.05, 0.1) is 10.5 Å². The molecule has 17 heavy (non-hydrogen) atoms. The van der Waals surface area contributed by atoms with Crippen LogP contribution in [0, 0.1) is 6.92 Å². The number of nitrogen functional groups attached to an aromatic ring is 1. The quantitative estimate of drug-likeness (QED) is 0.753. The summed E-state index contributed by atoms with van der Waals surface area (Å²) in [5.41, 5.74) is 5.48. The molecule has 0 aliphatic heterocycles. The average Bonchev–Trinajstić information content (AvgIpc) is 2.56. The molecule has 0 bridgehead atoms. The number of nitrogens with two attached hydrogens (primary N) is 1. The molecule has 1 aromatic rings. The van der Waals surface area contributed by atoms with Gasteiger partial charge in [0.2, 0.25) is 0 Å². The maximum absolute atomic E-state index is 11.8. The first-order valence-corrected chi connectivity index (χ1v) is 6.54. The summed E-state index contributed by atoms with van der Waals surface area (Å²) in [6, 6.07) is 1.67. The molecule has 96 valence electrons. The first-order valence-electron chi connectivity index (χ1n) is 5.72. The third-order valence-electron chi connectivity index (χ3n) is 2.60. The predicted octanol–water partition coefficient (Wildman–Crippen LogP) is 1.92. The molecule has 1 amide bonds. The summed E-state index contributed by atoms with van der Waals surface area (Å²) in [6.07, 6.45) is 1.55. The molecule has 0 aromatic carbocycles. The summed E-state index contributed by atoms with van der Waals surface area (Å²) < 4.78 is 0. The number of carbonyl (C=O) groups is 1. The maximum atomic E-state index is 11.8. The van der Waals surface area contributed by atoms with Gasteiger partial charge in [-0.2, -0.15) is 0 Å². The van der Waals surface area contributed by atoms with Crippen LogP contribution in [-0.2, 0) is 0 Å². The lowest BCUT2D eigenvalue weighted by atomic mass is 10.0. The smallest absolute Gasteiger partial charge is 0.261 e. The Morgan fingerprint density at radius 2 is 2.29 bits per heavy atom. The Morgan fingerprint density at radius 1 is 1.65 bits per heavy atom. The third kappa shape index (κ3) is 4.02. The number of amides is 1. The maximum Gasteiger partial charge on any atom is 0.261 e. The molecular weight excluding hydrogens is 236 g/mol. The Kier molecular flexibility index (Phi) is 4.54. The number of hydrogen-bond donors (Lipinski definition) is 3. The summed E-state index contributed by atoms with van der Waals surface area (Å²) in [5.74, 6) is -0.175. The molecular formula is C12H20N2O2S. The third-order valence-corrected chi connectivity index (χ3v) is 3.66. The highest BCUT2D eigenvalue weighted by Gasteiger charge is 2.20. The van der Waals surface area contributed by atoms with Gasteiger partial charge in [-0.15, -0.1) is 11.3 Å². The zero-order valence-electron chi connectivity index (χ0n) is 10.5. The van der Waals surface area contributed by atoms with Gasteiger partial charge in [-0.25, -0.2) is 0 Å². The monoisotopic (exact) mass is 256 g/mol. The Labute approximate surface area is 106 Å². The van der Waals surface area contributed by atoms with Crippen LogP contribution in [0.4, 0.5) is 5.69 Å². The van der Waals surface area contributed by atoms with Crippen LogP contribution in [0.25, 0.3) is 0 Å². The minimum atomic E-state index is -0.845. The van der Waals surface area contributed by atoms with Crippen LogP contribution >= 0.6 is 11.3 Å². The molecule has 1 unspecified atom stereocenters. The molecule has 1 heterocycles. The standard InChI is InChI=1S/C12H20N2O2S/c1-4-5-12(3,16)7-14-11(15)10-6-9(13)8(2)17-10/h6,16H,4-5,7,13H2,1-3H3,(H,14,15). The number of hydrogen-bond acceptors (Lipinski definition) is 4. The van der Waals surface area contributed by atoms with E-state index in [0.29, 0.717) is 17.0 Å². The molecule has 0 radical (unpaired) electrons. The summed E-state index contributed by atoms with van der Waals surface area (Å²) in [6.45, 7) is 5.87. The highest BCUT2D eigenvalue weighted by Crippen LogP contribution is 2.23. The topological polar surface area (TPSA) is 75.3 Å². The van der Waals surface area contributed by atoms with Crippen LogP contribution in [0.2, 0.25) is 0 Å². The molecule has 0 saturated heterocycles. The SMILES string of the molecule is CCCC(C)(O)CNC(=O)c1cc(N)c(C)s1. The Balaban J connectivity index is 2.56. The zero-order valence-corrected chi connectivity index (χ0v) is 11.4. The fourth-order valence-electron chi connectivity index (χ4n) is 1.59. The van der Waals surface area contributed by atoms with E-state index in [1.807, 2.05) is 13.8 Å². The van der Waals surface area contributed by atoms with Crippen molar-refractivity contribution < 1.29 is 9.90 Å². The number of thiophene rings is 1. The highest BCUT2D eigenvalue weighted by molar-refractivity contribution is 7.14. The van der Waals surface area contributed by atoms with Gasteiger partial charge in [-0.3, -0.25) is 4.79 Å². The minimum absolute atomic E-state index is 0.175. The van der Waals surface area contributed by atoms with Gasteiger partial charge >= 0.3 is 0 Å². The fraction of sp³-hybridized carbons (Fsp3) is 0.583. The molecule has 4 nitrogen and oxygen atoms in total. The molecule has 1 rings (SSSR count). The second-order valence-electron chi connectivity index (χ2n) is 4.55. The number of nitrogens with one attached hydrogen (secondary N) is 1. The van der Waals surface area contributed by atoms with E-state index >= 15 is 0 Å². The van der Waals surface area contributed by atoms with Gasteiger partial charge in [-0.05, 0) is 26.3 Å². The van der Waals surface area contributed by atoms with E-state index in [0.717, 1.165) is 11.3 Å². The van der Waals surface area contributed by atoms with E-state index in [1.165, 1.54) is 11.3 Å². The van der Waals surface area contributed by atoms with Crippen LogP contribution in [0.1, 0.15) is 41.2 Å². The van der Waals surface area contributed by atoms with E-state index in [-0.39, 0.29) is 12.5 Å². The summed E-state index contributed by atoms with van der Waals surface area (Å²) >= 11 is 1.37. The van der Waals surface area contributed by atoms with E-state index in [9.17, 15) is 9.90 Å². The van der Waals surface area contributed by atoms with Crippen molar-refractivity contribution in [2.24, 2.45) is 0 Å². The molecule has 0 saturated carbocycles. The van der Waals surface area contributed by atoms with Crippen LogP contribution in [0.3, 0.4) is 0 Å². The van der Waals surface area contributed by atoms with Crippen LogP contribution in [0.5, 0.6) is 0 Å². The van der Waals surface area contributed by atoms with Gasteiger partial charge < -0.3 is 16.2 Å². The van der Waals surface area contributed by atoms with Gasteiger partial charge in [0.1, 0.15) is 0 Å². The van der Waals surface area contributed by atoms with Crippen molar-refractivity contribution in [2.75, 3.05) is 12.3 Å². The van der Waals surface area contributed by atoms with Crippen molar-refractivity contribution in [3.8, 4) is 0 Å². The van der Waals surface area contributed by atoms with Crippen LogP contribution in [-0.4, -0.2) is 23.2 Å². The molecule has 1 atom stereocenters. The normalized spacial score (nSPS) is 14.4. The van der Waals surface area contributed by atoms with Gasteiger partial charge in [0.15, 0.2) is 0 Å². The average molecular weight is 256 g/mol. The molecule has 0 aliphatic rings. The van der Waals surface area contributed by atoms with E-state index in [4.69, 9.17) is 5.73 Å². The van der Waals surface area contributed by atoms with Crippen molar-refractivity contribution >= 4 is 22.9 Å². The van der Waals surface area contributed by atoms with Crippen molar-refractivity contribution in [3.05, 3.63) is 15.8 Å². The highest BCUT2D eigenvalue weighted by atomic mass is 32.1. The van der Waals surface area contributed by atoms with Crippen LogP contribution in [0.15, 0.2) is 6.07 Å². The second-order valence-corrected chi connectivity index (χ2v) is 5.81. The Morgan fingerprint density at radius 3 is 2.76 bits per heavy atom. The minimum Gasteiger partial charge on any atom is -0.398 e. The number of aryl methyl sites for hydroxylation is 1. The molecule has 0 fully saturated rings. The van der Waals surface area contributed by atoms with Crippen molar-refractivity contribution in [3.63, 3.8) is 0 Å². The lowest BCUT2D eigenvalue weighted by Gasteiger charge is -2.22. The largest absolute Gasteiger partial charge is 0.398 e. The van der Waals surface area contributed by atoms with Gasteiger partial charge in [0, 0.05) is 17.1 Å². The molecule has 1 aromatic heterocycles. The van der Waals surface area contributed by atoms with E-state index in [1.54, 1.807) is 13.0 Å².